The summed E-state index contributed by atoms with van der Waals surface area (Å²) in [4.78, 5) is 11.3. The molecule has 0 saturated heterocycles. The second-order valence-electron chi connectivity index (χ2n) is 5.49. The number of nitrogens with zero attached hydrogens (tertiary/aromatic N) is 1. The van der Waals surface area contributed by atoms with Gasteiger partial charge in [-0.2, -0.15) is 0 Å². The molecule has 3 aromatic carbocycles. The Kier molecular flexibility index (Phi) is 3.25. The zero-order valence-electron chi connectivity index (χ0n) is 12.6. The number of carbonyl (C=O) groups excluding carboxylic acids is 1. The summed E-state index contributed by atoms with van der Waals surface area (Å²) >= 11 is 0. The number of para-hydroxylation sites is 1. The number of hydrogen-bond acceptors (Lipinski definition) is 3. The maximum absolute atomic E-state index is 13.2. The van der Waals surface area contributed by atoms with E-state index in [1.54, 1.807) is 60.7 Å². The van der Waals surface area contributed by atoms with Crippen molar-refractivity contribution >= 4 is 38.1 Å². The van der Waals surface area contributed by atoms with Gasteiger partial charge in [0, 0.05) is 16.3 Å². The minimum Gasteiger partial charge on any atom is -0.298 e. The lowest BCUT2D eigenvalue weighted by atomic mass is 10.1. The van der Waals surface area contributed by atoms with Crippen LogP contribution in [0.4, 0.5) is 0 Å². The lowest BCUT2D eigenvalue weighted by Gasteiger charge is -2.09. The van der Waals surface area contributed by atoms with Gasteiger partial charge in [-0.1, -0.05) is 48.5 Å². The van der Waals surface area contributed by atoms with Gasteiger partial charge < -0.3 is 0 Å². The lowest BCUT2D eigenvalue weighted by molar-refractivity contribution is 0.112. The Morgan fingerprint density at radius 2 is 1.42 bits per heavy atom. The molecule has 0 N–H and O–H groups in total. The SMILES string of the molecule is O=Cc1ccc2c3ccccc3n(S(=O)(=O)c3ccccc3)c2c1. The molecule has 5 heteroatoms. The van der Waals surface area contributed by atoms with E-state index in [1.807, 2.05) is 12.1 Å². The maximum atomic E-state index is 13.2. The van der Waals surface area contributed by atoms with Crippen molar-refractivity contribution in [2.45, 2.75) is 4.90 Å². The average molecular weight is 335 g/mol. The van der Waals surface area contributed by atoms with Crippen LogP contribution in [-0.2, 0) is 10.0 Å². The third-order valence-electron chi connectivity index (χ3n) is 4.07. The molecule has 0 radical (unpaired) electrons. The number of rotatable bonds is 3. The van der Waals surface area contributed by atoms with Gasteiger partial charge in [-0.25, -0.2) is 12.4 Å². The highest BCUT2D eigenvalue weighted by atomic mass is 32.2. The Bertz CT molecular complexity index is 1180. The monoisotopic (exact) mass is 335 g/mol. The summed E-state index contributed by atoms with van der Waals surface area (Å²) < 4.78 is 27.7. The fourth-order valence-corrected chi connectivity index (χ4v) is 4.52. The van der Waals surface area contributed by atoms with E-state index in [4.69, 9.17) is 0 Å². The van der Waals surface area contributed by atoms with E-state index in [-0.39, 0.29) is 4.90 Å². The highest BCUT2D eigenvalue weighted by Crippen LogP contribution is 2.32. The van der Waals surface area contributed by atoms with Gasteiger partial charge in [-0.15, -0.1) is 0 Å². The summed E-state index contributed by atoms with van der Waals surface area (Å²) in [5.41, 5.74) is 1.54. The van der Waals surface area contributed by atoms with Gasteiger partial charge >= 0.3 is 0 Å². The van der Waals surface area contributed by atoms with Gasteiger partial charge in [0.2, 0.25) is 0 Å². The molecule has 0 aliphatic rings. The summed E-state index contributed by atoms with van der Waals surface area (Å²) in [5.74, 6) is 0. The van der Waals surface area contributed by atoms with E-state index in [0.717, 1.165) is 17.1 Å². The molecule has 0 spiro atoms. The molecule has 0 unspecified atom stereocenters. The first-order valence-electron chi connectivity index (χ1n) is 7.42. The average Bonchev–Trinajstić information content (AvgIpc) is 2.96. The van der Waals surface area contributed by atoms with Crippen molar-refractivity contribution in [2.24, 2.45) is 0 Å². The van der Waals surface area contributed by atoms with Gasteiger partial charge in [0.1, 0.15) is 6.29 Å². The Labute approximate surface area is 139 Å². The number of benzene rings is 3. The summed E-state index contributed by atoms with van der Waals surface area (Å²) in [6.07, 6.45) is 0.719. The summed E-state index contributed by atoms with van der Waals surface area (Å²) in [6.45, 7) is 0. The normalized spacial score (nSPS) is 11.8. The van der Waals surface area contributed by atoms with E-state index < -0.39 is 10.0 Å². The van der Waals surface area contributed by atoms with Gasteiger partial charge in [-0.3, -0.25) is 4.79 Å². The zero-order valence-corrected chi connectivity index (χ0v) is 13.4. The molecule has 0 saturated carbocycles. The molecular formula is C19H13NO3S. The topological polar surface area (TPSA) is 56.1 Å². The predicted molar refractivity (Wildman–Crippen MR) is 93.9 cm³/mol. The van der Waals surface area contributed by atoms with Crippen molar-refractivity contribution in [3.8, 4) is 0 Å². The van der Waals surface area contributed by atoms with Crippen molar-refractivity contribution in [3.63, 3.8) is 0 Å². The first kappa shape index (κ1) is 14.7. The minimum absolute atomic E-state index is 0.212. The molecule has 0 amide bonds. The molecule has 1 aromatic heterocycles. The first-order chi connectivity index (χ1) is 11.6. The number of aromatic nitrogens is 1. The van der Waals surface area contributed by atoms with E-state index in [9.17, 15) is 13.2 Å². The van der Waals surface area contributed by atoms with Crippen LogP contribution in [0, 0.1) is 0 Å². The van der Waals surface area contributed by atoms with Crippen molar-refractivity contribution in [2.75, 3.05) is 0 Å². The van der Waals surface area contributed by atoms with Crippen LogP contribution in [0.2, 0.25) is 0 Å². The zero-order chi connectivity index (χ0) is 16.7. The molecule has 4 rings (SSSR count). The van der Waals surface area contributed by atoms with Gasteiger partial charge in [0.15, 0.2) is 0 Å². The standard InChI is InChI=1S/C19H13NO3S/c21-13-14-10-11-17-16-8-4-5-9-18(16)20(19(17)12-14)24(22,23)15-6-2-1-3-7-15/h1-13H. The number of aldehydes is 1. The minimum atomic E-state index is -3.77. The highest BCUT2D eigenvalue weighted by molar-refractivity contribution is 7.90. The largest absolute Gasteiger partial charge is 0.298 e. The Hall–Kier alpha value is -2.92. The molecule has 0 fully saturated rings. The van der Waals surface area contributed by atoms with Gasteiger partial charge in [0.25, 0.3) is 10.0 Å². The lowest BCUT2D eigenvalue weighted by Crippen LogP contribution is -2.12. The Balaban J connectivity index is 2.19. The molecule has 4 aromatic rings. The molecule has 1 heterocycles. The third kappa shape index (κ3) is 2.06. The smallest absolute Gasteiger partial charge is 0.268 e. The van der Waals surface area contributed by atoms with E-state index >= 15 is 0 Å². The Morgan fingerprint density at radius 1 is 0.750 bits per heavy atom. The summed E-state index contributed by atoms with van der Waals surface area (Å²) in [6, 6.07) is 20.7. The van der Waals surface area contributed by atoms with Crippen molar-refractivity contribution in [1.82, 2.24) is 3.97 Å². The Morgan fingerprint density at radius 3 is 2.17 bits per heavy atom. The van der Waals surface area contributed by atoms with Crippen LogP contribution < -0.4 is 0 Å². The molecule has 24 heavy (non-hydrogen) atoms. The summed E-state index contributed by atoms with van der Waals surface area (Å²) in [5, 5.41) is 1.64. The molecular weight excluding hydrogens is 322 g/mol. The molecule has 4 nitrogen and oxygen atoms in total. The van der Waals surface area contributed by atoms with Crippen LogP contribution in [0.1, 0.15) is 10.4 Å². The molecule has 118 valence electrons. The van der Waals surface area contributed by atoms with Gasteiger partial charge in [0.05, 0.1) is 15.9 Å². The molecule has 0 aliphatic heterocycles. The van der Waals surface area contributed by atoms with Crippen LogP contribution in [0.15, 0.2) is 77.7 Å². The quantitative estimate of drug-likeness (QED) is 0.535. The van der Waals surface area contributed by atoms with Gasteiger partial charge in [-0.05, 0) is 24.3 Å². The van der Waals surface area contributed by atoms with E-state index in [0.29, 0.717) is 16.6 Å². The molecule has 0 aliphatic carbocycles. The first-order valence-corrected chi connectivity index (χ1v) is 8.86. The van der Waals surface area contributed by atoms with Crippen molar-refractivity contribution in [1.29, 1.82) is 0 Å². The van der Waals surface area contributed by atoms with Crippen molar-refractivity contribution in [3.05, 3.63) is 78.4 Å². The van der Waals surface area contributed by atoms with Crippen LogP contribution in [0.25, 0.3) is 21.8 Å². The van der Waals surface area contributed by atoms with Crippen LogP contribution >= 0.6 is 0 Å². The number of carbonyl (C=O) groups is 1. The summed E-state index contributed by atoms with van der Waals surface area (Å²) in [7, 11) is -3.77. The third-order valence-corrected chi connectivity index (χ3v) is 5.81. The second kappa shape index (κ2) is 5.32. The maximum Gasteiger partial charge on any atom is 0.268 e. The van der Waals surface area contributed by atoms with Crippen molar-refractivity contribution < 1.29 is 13.2 Å². The van der Waals surface area contributed by atoms with E-state index in [1.165, 1.54) is 3.97 Å². The molecule has 0 bridgehead atoms. The predicted octanol–water partition coefficient (Wildman–Crippen LogP) is 3.84. The van der Waals surface area contributed by atoms with Crippen LogP contribution in [0.5, 0.6) is 0 Å². The second-order valence-corrected chi connectivity index (χ2v) is 7.28. The fraction of sp³-hybridized carbons (Fsp3) is 0. The number of hydrogen-bond donors (Lipinski definition) is 0. The van der Waals surface area contributed by atoms with Crippen LogP contribution in [0.3, 0.4) is 0 Å². The van der Waals surface area contributed by atoms with Crippen LogP contribution in [-0.4, -0.2) is 18.7 Å². The van der Waals surface area contributed by atoms with E-state index in [2.05, 4.69) is 0 Å². The fourth-order valence-electron chi connectivity index (χ4n) is 2.98. The number of fused-ring (bicyclic) bond motifs is 3. The highest BCUT2D eigenvalue weighted by Gasteiger charge is 2.22. The molecule has 0 atom stereocenters.